The lowest BCUT2D eigenvalue weighted by atomic mass is 10.1. The molecule has 0 amide bonds. The first kappa shape index (κ1) is 14.8. The Labute approximate surface area is 130 Å². The van der Waals surface area contributed by atoms with Gasteiger partial charge in [0.2, 0.25) is 0 Å². The molecule has 4 nitrogen and oxygen atoms in total. The Hall–Kier alpha value is -1.59. The number of nitrogens with zero attached hydrogens (tertiary/aromatic N) is 1. The first-order chi connectivity index (χ1) is 9.58. The molecule has 0 fully saturated rings. The van der Waals surface area contributed by atoms with E-state index in [1.807, 2.05) is 12.1 Å². The minimum absolute atomic E-state index is 0.148. The number of benzene rings is 2. The molecule has 0 aliphatic rings. The number of hydrogen-bond acceptors (Lipinski definition) is 3. The van der Waals surface area contributed by atoms with Crippen molar-refractivity contribution in [3.8, 4) is 0 Å². The molecule has 0 saturated carbocycles. The van der Waals surface area contributed by atoms with Gasteiger partial charge in [0.25, 0.3) is 5.69 Å². The zero-order valence-electron chi connectivity index (χ0n) is 10.5. The van der Waals surface area contributed by atoms with Gasteiger partial charge in [0, 0.05) is 22.6 Å². The van der Waals surface area contributed by atoms with Crippen LogP contribution in [0.15, 0.2) is 46.9 Å². The molecule has 104 valence electrons. The Morgan fingerprint density at radius 3 is 2.75 bits per heavy atom. The van der Waals surface area contributed by atoms with Crippen LogP contribution in [0, 0.1) is 10.1 Å². The molecule has 6 heteroatoms. The summed E-state index contributed by atoms with van der Waals surface area (Å²) in [5.74, 6) is 0. The fourth-order valence-electron chi connectivity index (χ4n) is 1.87. The van der Waals surface area contributed by atoms with Crippen LogP contribution in [0.3, 0.4) is 0 Å². The number of hydrogen-bond donors (Lipinski definition) is 1. The molecule has 0 aliphatic heterocycles. The summed E-state index contributed by atoms with van der Waals surface area (Å²) in [6, 6.07) is 12.3. The maximum atomic E-state index is 10.9. The van der Waals surface area contributed by atoms with Crippen LogP contribution in [-0.4, -0.2) is 11.5 Å². The van der Waals surface area contributed by atoms with Gasteiger partial charge in [-0.2, -0.15) is 0 Å². The Bertz CT molecular complexity index is 634. The zero-order valence-corrected chi connectivity index (χ0v) is 12.8. The highest BCUT2D eigenvalue weighted by Crippen LogP contribution is 2.26. The molecule has 0 aromatic heterocycles. The normalized spacial score (nSPS) is 10.3. The second-order valence-corrected chi connectivity index (χ2v) is 5.51. The van der Waals surface area contributed by atoms with Crippen LogP contribution in [0.25, 0.3) is 0 Å². The van der Waals surface area contributed by atoms with Gasteiger partial charge in [0.15, 0.2) is 0 Å². The molecule has 0 saturated heterocycles. The van der Waals surface area contributed by atoms with E-state index in [2.05, 4.69) is 21.2 Å². The van der Waals surface area contributed by atoms with Gasteiger partial charge < -0.3 is 5.32 Å². The predicted molar refractivity (Wildman–Crippen MR) is 84.4 cm³/mol. The molecule has 20 heavy (non-hydrogen) atoms. The van der Waals surface area contributed by atoms with Crippen molar-refractivity contribution in [2.45, 2.75) is 6.42 Å². The van der Waals surface area contributed by atoms with Gasteiger partial charge in [-0.25, -0.2) is 0 Å². The fraction of sp³-hybridized carbons (Fsp3) is 0.143. The molecule has 2 aromatic rings. The maximum absolute atomic E-state index is 10.9. The first-order valence-corrected chi connectivity index (χ1v) is 7.16. The minimum Gasteiger partial charge on any atom is -0.383 e. The molecule has 2 rings (SSSR count). The number of para-hydroxylation sites is 1. The topological polar surface area (TPSA) is 55.2 Å². The van der Waals surface area contributed by atoms with Crippen molar-refractivity contribution >= 4 is 38.9 Å². The van der Waals surface area contributed by atoms with Crippen LogP contribution in [0.5, 0.6) is 0 Å². The number of rotatable bonds is 5. The quantitative estimate of drug-likeness (QED) is 0.626. The number of nitro benzene ring substituents is 1. The monoisotopic (exact) mass is 354 g/mol. The van der Waals surface area contributed by atoms with E-state index >= 15 is 0 Å². The summed E-state index contributed by atoms with van der Waals surface area (Å²) < 4.78 is 0.926. The van der Waals surface area contributed by atoms with E-state index in [4.69, 9.17) is 11.6 Å². The van der Waals surface area contributed by atoms with Gasteiger partial charge in [-0.3, -0.25) is 10.1 Å². The summed E-state index contributed by atoms with van der Waals surface area (Å²) in [5.41, 5.74) is 1.66. The van der Waals surface area contributed by atoms with E-state index in [0.29, 0.717) is 23.6 Å². The van der Waals surface area contributed by atoms with E-state index in [-0.39, 0.29) is 10.6 Å². The van der Waals surface area contributed by atoms with Crippen LogP contribution in [0.2, 0.25) is 5.02 Å². The van der Waals surface area contributed by atoms with Gasteiger partial charge in [-0.15, -0.1) is 0 Å². The Kier molecular flexibility index (Phi) is 4.98. The van der Waals surface area contributed by atoms with Crippen LogP contribution in [0.4, 0.5) is 11.4 Å². The van der Waals surface area contributed by atoms with Crippen LogP contribution < -0.4 is 5.32 Å². The SMILES string of the molecule is O=[N+]([O-])c1ccccc1CCNc1cc(Br)ccc1Cl. The smallest absolute Gasteiger partial charge is 0.272 e. The summed E-state index contributed by atoms with van der Waals surface area (Å²) in [6.07, 6.45) is 0.556. The van der Waals surface area contributed by atoms with Crippen LogP contribution in [0.1, 0.15) is 5.56 Å². The molecular formula is C14H12BrClN2O2. The van der Waals surface area contributed by atoms with Gasteiger partial charge in [-0.05, 0) is 24.6 Å². The van der Waals surface area contributed by atoms with E-state index in [9.17, 15) is 10.1 Å². The predicted octanol–water partition coefficient (Wildman–Crippen LogP) is 4.67. The van der Waals surface area contributed by atoms with Crippen molar-refractivity contribution in [1.82, 2.24) is 0 Å². The minimum atomic E-state index is -0.360. The van der Waals surface area contributed by atoms with Crippen molar-refractivity contribution in [2.24, 2.45) is 0 Å². The lowest BCUT2D eigenvalue weighted by molar-refractivity contribution is -0.385. The molecule has 0 heterocycles. The zero-order chi connectivity index (χ0) is 14.5. The third kappa shape index (κ3) is 3.71. The first-order valence-electron chi connectivity index (χ1n) is 5.99. The third-order valence-corrected chi connectivity index (χ3v) is 3.65. The lowest BCUT2D eigenvalue weighted by Gasteiger charge is -2.09. The molecule has 0 bridgehead atoms. The van der Waals surface area contributed by atoms with Gasteiger partial charge in [-0.1, -0.05) is 45.7 Å². The van der Waals surface area contributed by atoms with Crippen molar-refractivity contribution in [3.63, 3.8) is 0 Å². The van der Waals surface area contributed by atoms with E-state index in [1.54, 1.807) is 24.3 Å². The maximum Gasteiger partial charge on any atom is 0.272 e. The second-order valence-electron chi connectivity index (χ2n) is 4.19. The van der Waals surface area contributed by atoms with Gasteiger partial charge in [0.05, 0.1) is 15.6 Å². The Balaban J connectivity index is 2.03. The molecule has 1 N–H and O–H groups in total. The van der Waals surface area contributed by atoms with Gasteiger partial charge in [0.1, 0.15) is 0 Å². The molecule has 0 radical (unpaired) electrons. The standard InChI is InChI=1S/C14H12BrClN2O2/c15-11-5-6-12(16)13(9-11)17-8-7-10-3-1-2-4-14(10)18(19)20/h1-6,9,17H,7-8H2. The molecule has 2 aromatic carbocycles. The second kappa shape index (κ2) is 6.72. The Morgan fingerprint density at radius 1 is 1.25 bits per heavy atom. The number of nitrogens with one attached hydrogen (secondary N) is 1. The average molecular weight is 356 g/mol. The molecule has 0 spiro atoms. The average Bonchev–Trinajstić information content (AvgIpc) is 2.43. The van der Waals surface area contributed by atoms with Gasteiger partial charge >= 0.3 is 0 Å². The molecule has 0 atom stereocenters. The molecule has 0 aliphatic carbocycles. The highest BCUT2D eigenvalue weighted by atomic mass is 79.9. The summed E-state index contributed by atoms with van der Waals surface area (Å²) in [7, 11) is 0. The highest BCUT2D eigenvalue weighted by Gasteiger charge is 2.11. The third-order valence-electron chi connectivity index (χ3n) is 2.83. The van der Waals surface area contributed by atoms with Crippen molar-refractivity contribution in [1.29, 1.82) is 0 Å². The fourth-order valence-corrected chi connectivity index (χ4v) is 2.41. The van der Waals surface area contributed by atoms with Crippen molar-refractivity contribution < 1.29 is 4.92 Å². The highest BCUT2D eigenvalue weighted by molar-refractivity contribution is 9.10. The number of nitro groups is 1. The van der Waals surface area contributed by atoms with E-state index in [0.717, 1.165) is 10.2 Å². The van der Waals surface area contributed by atoms with E-state index < -0.39 is 0 Å². The summed E-state index contributed by atoms with van der Waals surface area (Å²) >= 11 is 9.44. The summed E-state index contributed by atoms with van der Waals surface area (Å²) in [5, 5.41) is 14.7. The van der Waals surface area contributed by atoms with E-state index in [1.165, 1.54) is 6.07 Å². The van der Waals surface area contributed by atoms with Crippen molar-refractivity contribution in [3.05, 3.63) is 67.6 Å². The summed E-state index contributed by atoms with van der Waals surface area (Å²) in [6.45, 7) is 0.570. The lowest BCUT2D eigenvalue weighted by Crippen LogP contribution is -2.07. The number of halogens is 2. The van der Waals surface area contributed by atoms with Crippen molar-refractivity contribution in [2.75, 3.05) is 11.9 Å². The van der Waals surface area contributed by atoms with Crippen LogP contribution in [-0.2, 0) is 6.42 Å². The Morgan fingerprint density at radius 2 is 2.00 bits per heavy atom. The molecule has 0 unspecified atom stereocenters. The number of anilines is 1. The van der Waals surface area contributed by atoms with Crippen LogP contribution >= 0.6 is 27.5 Å². The largest absolute Gasteiger partial charge is 0.383 e. The summed E-state index contributed by atoms with van der Waals surface area (Å²) in [4.78, 5) is 10.6. The molecular weight excluding hydrogens is 344 g/mol.